The molecule has 0 bridgehead atoms. The van der Waals surface area contributed by atoms with Gasteiger partial charge in [0, 0.05) is 12.6 Å². The molecule has 0 aromatic heterocycles. The summed E-state index contributed by atoms with van der Waals surface area (Å²) in [5.74, 6) is 0. The molecule has 1 aliphatic carbocycles. The van der Waals surface area contributed by atoms with Gasteiger partial charge in [0.05, 0.1) is 5.60 Å². The molecule has 0 radical (unpaired) electrons. The van der Waals surface area contributed by atoms with Crippen LogP contribution in [0.1, 0.15) is 45.4 Å². The van der Waals surface area contributed by atoms with Crippen LogP contribution in [-0.4, -0.2) is 23.3 Å². The Morgan fingerprint density at radius 1 is 1.57 bits per heavy atom. The van der Waals surface area contributed by atoms with Gasteiger partial charge in [-0.1, -0.05) is 13.0 Å². The maximum Gasteiger partial charge on any atom is 0.0771 e. The van der Waals surface area contributed by atoms with Crippen LogP contribution in [0.5, 0.6) is 0 Å². The van der Waals surface area contributed by atoms with Gasteiger partial charge in [0.25, 0.3) is 0 Å². The van der Waals surface area contributed by atoms with Crippen LogP contribution in [0.25, 0.3) is 0 Å². The summed E-state index contributed by atoms with van der Waals surface area (Å²) in [6.07, 6.45) is 8.41. The lowest BCUT2D eigenvalue weighted by atomic mass is 9.80. The van der Waals surface area contributed by atoms with Crippen molar-refractivity contribution in [2.45, 2.75) is 57.1 Å². The lowest BCUT2D eigenvalue weighted by molar-refractivity contribution is -0.0334. The first kappa shape index (κ1) is 11.7. The van der Waals surface area contributed by atoms with Crippen LogP contribution in [0.2, 0.25) is 0 Å². The minimum atomic E-state index is -0.387. The Kier molecular flexibility index (Phi) is 4.63. The molecule has 82 valence electrons. The quantitative estimate of drug-likeness (QED) is 0.613. The highest BCUT2D eigenvalue weighted by Gasteiger charge is 2.34. The smallest absolute Gasteiger partial charge is 0.0771 e. The molecule has 0 aromatic rings. The van der Waals surface area contributed by atoms with Gasteiger partial charge in [-0.2, -0.15) is 0 Å². The van der Waals surface area contributed by atoms with E-state index in [1.165, 1.54) is 6.42 Å². The summed E-state index contributed by atoms with van der Waals surface area (Å²) in [5.41, 5.74) is -0.387. The highest BCUT2D eigenvalue weighted by molar-refractivity contribution is 4.90. The van der Waals surface area contributed by atoms with Crippen molar-refractivity contribution in [2.24, 2.45) is 0 Å². The van der Waals surface area contributed by atoms with E-state index in [4.69, 9.17) is 0 Å². The Labute approximate surface area is 87.4 Å². The maximum atomic E-state index is 9.90. The minimum Gasteiger partial charge on any atom is -0.389 e. The molecule has 1 saturated carbocycles. The predicted molar refractivity (Wildman–Crippen MR) is 60.3 cm³/mol. The summed E-state index contributed by atoms with van der Waals surface area (Å²) in [6, 6.07) is 0.539. The number of nitrogens with one attached hydrogen (secondary N) is 1. The second-order valence-electron chi connectivity index (χ2n) is 4.43. The van der Waals surface area contributed by atoms with Gasteiger partial charge in [-0.25, -0.2) is 0 Å². The fraction of sp³-hybridized carbons (Fsp3) is 0.833. The Balaban J connectivity index is 2.16. The van der Waals surface area contributed by atoms with Crippen LogP contribution < -0.4 is 5.32 Å². The predicted octanol–water partition coefficient (Wildman–Crippen LogP) is 2.24. The van der Waals surface area contributed by atoms with Crippen molar-refractivity contribution in [2.75, 3.05) is 6.54 Å². The van der Waals surface area contributed by atoms with Crippen LogP contribution in [0.15, 0.2) is 12.7 Å². The summed E-state index contributed by atoms with van der Waals surface area (Å²) in [4.78, 5) is 0. The maximum absolute atomic E-state index is 9.90. The standard InChI is InChI=1S/C12H23NO/c1-3-5-7-11(4-2)13-10-12(14)8-6-9-12/h3,11,13-14H,1,4-10H2,2H3. The number of hydrogen-bond donors (Lipinski definition) is 2. The molecule has 1 aliphatic rings. The largest absolute Gasteiger partial charge is 0.389 e. The molecule has 14 heavy (non-hydrogen) atoms. The van der Waals surface area contributed by atoms with Crippen molar-refractivity contribution in [1.29, 1.82) is 0 Å². The van der Waals surface area contributed by atoms with Crippen LogP contribution in [0.4, 0.5) is 0 Å². The molecule has 0 spiro atoms. The zero-order chi connectivity index (χ0) is 10.4. The second-order valence-corrected chi connectivity index (χ2v) is 4.43. The number of aliphatic hydroxyl groups is 1. The molecule has 2 nitrogen and oxygen atoms in total. The van der Waals surface area contributed by atoms with Crippen molar-refractivity contribution >= 4 is 0 Å². The molecule has 0 heterocycles. The van der Waals surface area contributed by atoms with Crippen molar-refractivity contribution in [3.8, 4) is 0 Å². The SMILES string of the molecule is C=CCCC(CC)NCC1(O)CCC1. The van der Waals surface area contributed by atoms with Crippen LogP contribution >= 0.6 is 0 Å². The summed E-state index contributed by atoms with van der Waals surface area (Å²) in [7, 11) is 0. The van der Waals surface area contributed by atoms with Gasteiger partial charge in [0.15, 0.2) is 0 Å². The molecule has 1 fully saturated rings. The van der Waals surface area contributed by atoms with E-state index in [9.17, 15) is 5.11 Å². The van der Waals surface area contributed by atoms with E-state index >= 15 is 0 Å². The van der Waals surface area contributed by atoms with Gasteiger partial charge in [0.2, 0.25) is 0 Å². The van der Waals surface area contributed by atoms with Gasteiger partial charge in [-0.3, -0.25) is 0 Å². The Bertz CT molecular complexity index is 175. The molecule has 2 N–H and O–H groups in total. The molecule has 0 aromatic carbocycles. The van der Waals surface area contributed by atoms with E-state index in [0.717, 1.165) is 38.6 Å². The molecule has 0 amide bonds. The highest BCUT2D eigenvalue weighted by atomic mass is 16.3. The molecule has 1 atom stereocenters. The molecule has 1 unspecified atom stereocenters. The first-order chi connectivity index (χ1) is 6.70. The van der Waals surface area contributed by atoms with Crippen molar-refractivity contribution in [3.63, 3.8) is 0 Å². The zero-order valence-electron chi connectivity index (χ0n) is 9.26. The van der Waals surface area contributed by atoms with Crippen LogP contribution in [-0.2, 0) is 0 Å². The van der Waals surface area contributed by atoms with Gasteiger partial charge >= 0.3 is 0 Å². The van der Waals surface area contributed by atoms with Crippen molar-refractivity contribution in [1.82, 2.24) is 5.32 Å². The third kappa shape index (κ3) is 3.43. The van der Waals surface area contributed by atoms with E-state index in [2.05, 4.69) is 18.8 Å². The first-order valence-electron chi connectivity index (χ1n) is 5.77. The summed E-state index contributed by atoms with van der Waals surface area (Å²) in [6.45, 7) is 6.68. The second kappa shape index (κ2) is 5.52. The van der Waals surface area contributed by atoms with E-state index < -0.39 is 0 Å². The minimum absolute atomic E-state index is 0.387. The fourth-order valence-electron chi connectivity index (χ4n) is 1.87. The summed E-state index contributed by atoms with van der Waals surface area (Å²) < 4.78 is 0. The van der Waals surface area contributed by atoms with Crippen molar-refractivity contribution in [3.05, 3.63) is 12.7 Å². The lowest BCUT2D eigenvalue weighted by Crippen LogP contribution is -2.48. The monoisotopic (exact) mass is 197 g/mol. The normalized spacial score (nSPS) is 21.3. The number of hydrogen-bond acceptors (Lipinski definition) is 2. The molecule has 1 rings (SSSR count). The van der Waals surface area contributed by atoms with E-state index in [1.807, 2.05) is 6.08 Å². The van der Waals surface area contributed by atoms with Crippen LogP contribution in [0.3, 0.4) is 0 Å². The van der Waals surface area contributed by atoms with E-state index in [1.54, 1.807) is 0 Å². The van der Waals surface area contributed by atoms with Gasteiger partial charge in [0.1, 0.15) is 0 Å². The lowest BCUT2D eigenvalue weighted by Gasteiger charge is -2.38. The Morgan fingerprint density at radius 2 is 2.29 bits per heavy atom. The first-order valence-corrected chi connectivity index (χ1v) is 5.77. The number of rotatable bonds is 7. The zero-order valence-corrected chi connectivity index (χ0v) is 9.26. The van der Waals surface area contributed by atoms with Gasteiger partial charge in [-0.15, -0.1) is 6.58 Å². The molecule has 0 aliphatic heterocycles. The average Bonchev–Trinajstić information content (AvgIpc) is 2.15. The summed E-state index contributed by atoms with van der Waals surface area (Å²) >= 11 is 0. The molecule has 0 saturated heterocycles. The molecule has 2 heteroatoms. The topological polar surface area (TPSA) is 32.3 Å². The average molecular weight is 197 g/mol. The van der Waals surface area contributed by atoms with Gasteiger partial charge in [-0.05, 0) is 38.5 Å². The Morgan fingerprint density at radius 3 is 2.71 bits per heavy atom. The van der Waals surface area contributed by atoms with Crippen molar-refractivity contribution < 1.29 is 5.11 Å². The number of allylic oxidation sites excluding steroid dienone is 1. The summed E-state index contributed by atoms with van der Waals surface area (Å²) in [5, 5.41) is 13.3. The fourth-order valence-corrected chi connectivity index (χ4v) is 1.87. The molecular weight excluding hydrogens is 174 g/mol. The highest BCUT2D eigenvalue weighted by Crippen LogP contribution is 2.30. The van der Waals surface area contributed by atoms with Gasteiger partial charge < -0.3 is 10.4 Å². The molecular formula is C12H23NO. The van der Waals surface area contributed by atoms with E-state index in [0.29, 0.717) is 6.04 Å². The third-order valence-corrected chi connectivity index (χ3v) is 3.22. The van der Waals surface area contributed by atoms with Crippen LogP contribution in [0, 0.1) is 0 Å². The van der Waals surface area contributed by atoms with E-state index in [-0.39, 0.29) is 5.60 Å². The Hall–Kier alpha value is -0.340. The third-order valence-electron chi connectivity index (χ3n) is 3.22.